The Morgan fingerprint density at radius 1 is 1.45 bits per heavy atom. The summed E-state index contributed by atoms with van der Waals surface area (Å²) in [6, 6.07) is 8.53. The van der Waals surface area contributed by atoms with Crippen LogP contribution in [0.4, 0.5) is 5.69 Å². The molecule has 1 heterocycles. The number of nitrogens with one attached hydrogen (secondary N) is 1. The van der Waals surface area contributed by atoms with Gasteiger partial charge in [0.25, 0.3) is 0 Å². The van der Waals surface area contributed by atoms with Crippen molar-refractivity contribution in [3.8, 4) is 0 Å². The van der Waals surface area contributed by atoms with E-state index in [4.69, 9.17) is 5.73 Å². The van der Waals surface area contributed by atoms with E-state index in [0.29, 0.717) is 19.4 Å². The standard InChI is InChI=1S/C16H23N3O2S/c1-22-11-9-13(17)15(20)18-14-8-5-10-19(16(14)21)12-6-3-2-4-7-12/h2-4,6-7,13-14H,5,8-11,17H2,1H3,(H,18,20)/t13-,14?/m0/s1. The molecule has 0 aliphatic carbocycles. The summed E-state index contributed by atoms with van der Waals surface area (Å²) in [5.41, 5.74) is 6.73. The number of nitrogens with two attached hydrogens (primary N) is 1. The summed E-state index contributed by atoms with van der Waals surface area (Å²) in [4.78, 5) is 26.4. The van der Waals surface area contributed by atoms with Crippen LogP contribution in [0, 0.1) is 0 Å². The summed E-state index contributed by atoms with van der Waals surface area (Å²) >= 11 is 1.66. The summed E-state index contributed by atoms with van der Waals surface area (Å²) in [5.74, 6) is 0.550. The summed E-state index contributed by atoms with van der Waals surface area (Å²) in [6.45, 7) is 0.688. The number of piperidine rings is 1. The van der Waals surface area contributed by atoms with Crippen LogP contribution in [-0.2, 0) is 9.59 Å². The summed E-state index contributed by atoms with van der Waals surface area (Å²) in [5, 5.41) is 2.81. The zero-order valence-corrected chi connectivity index (χ0v) is 13.6. The molecule has 6 heteroatoms. The van der Waals surface area contributed by atoms with Gasteiger partial charge in [0.15, 0.2) is 0 Å². The van der Waals surface area contributed by atoms with Crippen LogP contribution < -0.4 is 16.0 Å². The van der Waals surface area contributed by atoms with Crippen LogP contribution in [0.15, 0.2) is 30.3 Å². The molecule has 0 radical (unpaired) electrons. The number of thioether (sulfide) groups is 1. The maximum atomic E-state index is 12.6. The third-order valence-corrected chi connectivity index (χ3v) is 4.44. The maximum absolute atomic E-state index is 12.6. The van der Waals surface area contributed by atoms with Gasteiger partial charge in [0.05, 0.1) is 6.04 Å². The molecule has 2 rings (SSSR count). The first kappa shape index (κ1) is 16.8. The molecule has 1 fully saturated rings. The van der Waals surface area contributed by atoms with Crippen molar-refractivity contribution in [2.24, 2.45) is 5.73 Å². The number of rotatable bonds is 6. The van der Waals surface area contributed by atoms with Crippen molar-refractivity contribution in [3.63, 3.8) is 0 Å². The molecule has 1 aromatic rings. The van der Waals surface area contributed by atoms with Crippen molar-refractivity contribution in [1.29, 1.82) is 0 Å². The van der Waals surface area contributed by atoms with E-state index in [9.17, 15) is 9.59 Å². The molecule has 1 aliphatic heterocycles. The van der Waals surface area contributed by atoms with E-state index >= 15 is 0 Å². The lowest BCUT2D eigenvalue weighted by Gasteiger charge is -2.33. The number of hydrogen-bond acceptors (Lipinski definition) is 4. The van der Waals surface area contributed by atoms with E-state index in [2.05, 4.69) is 5.32 Å². The predicted molar refractivity (Wildman–Crippen MR) is 90.9 cm³/mol. The van der Waals surface area contributed by atoms with E-state index in [1.54, 1.807) is 16.7 Å². The summed E-state index contributed by atoms with van der Waals surface area (Å²) in [7, 11) is 0. The highest BCUT2D eigenvalue weighted by Gasteiger charge is 2.31. The van der Waals surface area contributed by atoms with Crippen LogP contribution in [0.2, 0.25) is 0 Å². The van der Waals surface area contributed by atoms with Gasteiger partial charge in [-0.2, -0.15) is 11.8 Å². The molecule has 0 bridgehead atoms. The molecule has 1 aliphatic rings. The van der Waals surface area contributed by atoms with E-state index in [0.717, 1.165) is 17.9 Å². The maximum Gasteiger partial charge on any atom is 0.249 e. The molecule has 3 N–H and O–H groups in total. The minimum atomic E-state index is -0.549. The molecule has 2 amide bonds. The molecule has 2 atom stereocenters. The second kappa shape index (κ2) is 8.19. The van der Waals surface area contributed by atoms with E-state index in [-0.39, 0.29) is 11.8 Å². The topological polar surface area (TPSA) is 75.4 Å². The fourth-order valence-electron chi connectivity index (χ4n) is 2.53. The van der Waals surface area contributed by atoms with Gasteiger partial charge in [0.2, 0.25) is 11.8 Å². The number of anilines is 1. The molecule has 22 heavy (non-hydrogen) atoms. The Morgan fingerprint density at radius 2 is 2.18 bits per heavy atom. The number of amides is 2. The number of nitrogens with zero attached hydrogens (tertiary/aromatic N) is 1. The molecule has 1 unspecified atom stereocenters. The third kappa shape index (κ3) is 4.24. The van der Waals surface area contributed by atoms with Crippen LogP contribution >= 0.6 is 11.8 Å². The lowest BCUT2D eigenvalue weighted by Crippen LogP contribution is -2.55. The van der Waals surface area contributed by atoms with Gasteiger partial charge in [-0.05, 0) is 43.4 Å². The Morgan fingerprint density at radius 3 is 2.86 bits per heavy atom. The average Bonchev–Trinajstić information content (AvgIpc) is 2.55. The van der Waals surface area contributed by atoms with Crippen molar-refractivity contribution in [2.45, 2.75) is 31.3 Å². The van der Waals surface area contributed by atoms with Gasteiger partial charge >= 0.3 is 0 Å². The highest BCUT2D eigenvalue weighted by Crippen LogP contribution is 2.20. The van der Waals surface area contributed by atoms with Crippen molar-refractivity contribution in [2.75, 3.05) is 23.5 Å². The van der Waals surface area contributed by atoms with Gasteiger partial charge in [-0.3, -0.25) is 9.59 Å². The molecular formula is C16H23N3O2S. The van der Waals surface area contributed by atoms with E-state index in [1.807, 2.05) is 36.6 Å². The Hall–Kier alpha value is -1.53. The number of carbonyl (C=O) groups is 2. The molecule has 1 saturated heterocycles. The molecule has 0 saturated carbocycles. The van der Waals surface area contributed by atoms with Gasteiger partial charge < -0.3 is 16.0 Å². The lowest BCUT2D eigenvalue weighted by atomic mass is 10.0. The second-order valence-electron chi connectivity index (χ2n) is 5.42. The number of para-hydroxylation sites is 1. The van der Waals surface area contributed by atoms with Crippen LogP contribution in [0.3, 0.4) is 0 Å². The predicted octanol–water partition coefficient (Wildman–Crippen LogP) is 1.38. The number of benzene rings is 1. The van der Waals surface area contributed by atoms with Gasteiger partial charge in [-0.15, -0.1) is 0 Å². The number of carbonyl (C=O) groups excluding carboxylic acids is 2. The Kier molecular flexibility index (Phi) is 6.27. The fraction of sp³-hybridized carbons (Fsp3) is 0.500. The van der Waals surface area contributed by atoms with Gasteiger partial charge in [0, 0.05) is 12.2 Å². The van der Waals surface area contributed by atoms with Crippen LogP contribution in [-0.4, -0.2) is 42.5 Å². The first-order valence-corrected chi connectivity index (χ1v) is 8.94. The molecule has 1 aromatic carbocycles. The minimum Gasteiger partial charge on any atom is -0.343 e. The fourth-order valence-corrected chi connectivity index (χ4v) is 3.02. The highest BCUT2D eigenvalue weighted by atomic mass is 32.2. The Balaban J connectivity index is 1.97. The van der Waals surface area contributed by atoms with Crippen LogP contribution in [0.5, 0.6) is 0 Å². The Bertz CT molecular complexity index is 509. The van der Waals surface area contributed by atoms with Crippen molar-refractivity contribution < 1.29 is 9.59 Å². The van der Waals surface area contributed by atoms with E-state index in [1.165, 1.54) is 0 Å². The van der Waals surface area contributed by atoms with Crippen LogP contribution in [0.1, 0.15) is 19.3 Å². The van der Waals surface area contributed by atoms with Gasteiger partial charge in [-0.25, -0.2) is 0 Å². The monoisotopic (exact) mass is 321 g/mol. The minimum absolute atomic E-state index is 0.0529. The first-order valence-electron chi connectivity index (χ1n) is 7.55. The highest BCUT2D eigenvalue weighted by molar-refractivity contribution is 7.98. The summed E-state index contributed by atoms with van der Waals surface area (Å²) in [6.07, 6.45) is 4.14. The largest absolute Gasteiger partial charge is 0.343 e. The van der Waals surface area contributed by atoms with Crippen molar-refractivity contribution in [3.05, 3.63) is 30.3 Å². The lowest BCUT2D eigenvalue weighted by molar-refractivity contribution is -0.129. The SMILES string of the molecule is CSCC[C@H](N)C(=O)NC1CCCN(c2ccccc2)C1=O. The first-order chi connectivity index (χ1) is 10.6. The molecular weight excluding hydrogens is 298 g/mol. The second-order valence-corrected chi connectivity index (χ2v) is 6.40. The molecule has 5 nitrogen and oxygen atoms in total. The Labute approximate surface area is 135 Å². The van der Waals surface area contributed by atoms with Crippen LogP contribution in [0.25, 0.3) is 0 Å². The zero-order valence-electron chi connectivity index (χ0n) is 12.8. The quantitative estimate of drug-likeness (QED) is 0.830. The molecule has 0 spiro atoms. The van der Waals surface area contributed by atoms with Gasteiger partial charge in [-0.1, -0.05) is 18.2 Å². The normalized spacial score (nSPS) is 19.8. The summed E-state index contributed by atoms with van der Waals surface area (Å²) < 4.78 is 0. The molecule has 120 valence electrons. The average molecular weight is 321 g/mol. The zero-order chi connectivity index (χ0) is 15.9. The smallest absolute Gasteiger partial charge is 0.249 e. The number of hydrogen-bond donors (Lipinski definition) is 2. The van der Waals surface area contributed by atoms with Crippen molar-refractivity contribution in [1.82, 2.24) is 5.32 Å². The van der Waals surface area contributed by atoms with Gasteiger partial charge in [0.1, 0.15) is 6.04 Å². The van der Waals surface area contributed by atoms with E-state index < -0.39 is 12.1 Å². The third-order valence-electron chi connectivity index (χ3n) is 3.79. The van der Waals surface area contributed by atoms with Crippen molar-refractivity contribution >= 4 is 29.3 Å². The molecule has 0 aromatic heterocycles.